The molecule has 2 nitrogen and oxygen atoms in total. The van der Waals surface area contributed by atoms with Crippen LogP contribution in [0.15, 0.2) is 42.5 Å². The number of aromatic hydroxyl groups is 1. The lowest BCUT2D eigenvalue weighted by molar-refractivity contribution is 0.474. The second-order valence-electron chi connectivity index (χ2n) is 3.22. The smallest absolute Gasteiger partial charge is 0.119 e. The van der Waals surface area contributed by atoms with Gasteiger partial charge in [0, 0.05) is 23.4 Å². The first-order chi connectivity index (χ1) is 6.75. The van der Waals surface area contributed by atoms with Crippen molar-refractivity contribution < 1.29 is 5.11 Å². The number of hydrogen-bond donors (Lipinski definition) is 1. The molecule has 1 N–H and O–H groups in total. The largest absolute Gasteiger partial charge is 0.508 e. The summed E-state index contributed by atoms with van der Waals surface area (Å²) in [5.74, 6) is 0.261. The molecular weight excluding hydrogens is 174 g/mol. The van der Waals surface area contributed by atoms with Gasteiger partial charge in [0.1, 0.15) is 5.75 Å². The predicted molar refractivity (Wildman–Crippen MR) is 56.1 cm³/mol. The third-order valence-electron chi connectivity index (χ3n) is 2.01. The van der Waals surface area contributed by atoms with E-state index in [-0.39, 0.29) is 5.75 Å². The Balaban J connectivity index is 2.52. The lowest BCUT2D eigenvalue weighted by Gasteiger charge is -2.02. The summed E-state index contributed by atoms with van der Waals surface area (Å²) in [6.45, 7) is 1.87. The number of aryl methyl sites for hydroxylation is 1. The molecule has 0 radical (unpaired) electrons. The molecule has 2 rings (SSSR count). The van der Waals surface area contributed by atoms with E-state index in [4.69, 9.17) is 0 Å². The van der Waals surface area contributed by atoms with Crippen LogP contribution in [0.4, 0.5) is 0 Å². The van der Waals surface area contributed by atoms with Crippen LogP contribution in [0.5, 0.6) is 5.75 Å². The molecule has 0 amide bonds. The summed E-state index contributed by atoms with van der Waals surface area (Å²) in [6.07, 6.45) is 0. The summed E-state index contributed by atoms with van der Waals surface area (Å²) in [5.41, 5.74) is 2.65. The first-order valence-electron chi connectivity index (χ1n) is 4.49. The van der Waals surface area contributed by atoms with Gasteiger partial charge in [-0.05, 0) is 6.92 Å². The Kier molecular flexibility index (Phi) is 2.19. The van der Waals surface area contributed by atoms with E-state index in [0.717, 1.165) is 17.0 Å². The Morgan fingerprint density at radius 1 is 1.07 bits per heavy atom. The highest BCUT2D eigenvalue weighted by atomic mass is 16.3. The van der Waals surface area contributed by atoms with Gasteiger partial charge in [0.15, 0.2) is 0 Å². The van der Waals surface area contributed by atoms with Crippen LogP contribution in [0.1, 0.15) is 5.69 Å². The van der Waals surface area contributed by atoms with E-state index in [2.05, 4.69) is 4.98 Å². The van der Waals surface area contributed by atoms with Crippen LogP contribution in [-0.2, 0) is 0 Å². The molecule has 0 spiro atoms. The lowest BCUT2D eigenvalue weighted by atomic mass is 10.1. The molecule has 0 aliphatic carbocycles. The SMILES string of the molecule is Cc1cc(O)cc(-c2ccccc2)n1. The number of rotatable bonds is 1. The Hall–Kier alpha value is -1.83. The fourth-order valence-electron chi connectivity index (χ4n) is 1.41. The van der Waals surface area contributed by atoms with Crippen molar-refractivity contribution in [1.29, 1.82) is 0 Å². The van der Waals surface area contributed by atoms with Gasteiger partial charge >= 0.3 is 0 Å². The zero-order valence-corrected chi connectivity index (χ0v) is 7.94. The average Bonchev–Trinajstić information content (AvgIpc) is 2.18. The Morgan fingerprint density at radius 2 is 1.79 bits per heavy atom. The fourth-order valence-corrected chi connectivity index (χ4v) is 1.41. The van der Waals surface area contributed by atoms with Gasteiger partial charge in [0.05, 0.1) is 5.69 Å². The Bertz CT molecular complexity index is 417. The highest BCUT2D eigenvalue weighted by Gasteiger charge is 2.00. The third-order valence-corrected chi connectivity index (χ3v) is 2.01. The zero-order valence-electron chi connectivity index (χ0n) is 7.94. The van der Waals surface area contributed by atoms with Crippen LogP contribution < -0.4 is 0 Å². The summed E-state index contributed by atoms with van der Waals surface area (Å²) in [4.78, 5) is 4.34. The van der Waals surface area contributed by atoms with Crippen molar-refractivity contribution in [2.24, 2.45) is 0 Å². The van der Waals surface area contributed by atoms with Crippen LogP contribution in [-0.4, -0.2) is 10.1 Å². The van der Waals surface area contributed by atoms with Gasteiger partial charge in [-0.25, -0.2) is 0 Å². The van der Waals surface area contributed by atoms with Gasteiger partial charge in [-0.3, -0.25) is 4.98 Å². The molecule has 1 heterocycles. The Morgan fingerprint density at radius 3 is 2.43 bits per heavy atom. The molecule has 0 atom stereocenters. The summed E-state index contributed by atoms with van der Waals surface area (Å²) in [7, 11) is 0. The van der Waals surface area contributed by atoms with Gasteiger partial charge in [-0.2, -0.15) is 0 Å². The van der Waals surface area contributed by atoms with Crippen molar-refractivity contribution in [1.82, 2.24) is 4.98 Å². The second kappa shape index (κ2) is 3.50. The first-order valence-corrected chi connectivity index (χ1v) is 4.49. The van der Waals surface area contributed by atoms with Crippen molar-refractivity contribution >= 4 is 0 Å². The van der Waals surface area contributed by atoms with Crippen molar-refractivity contribution in [3.05, 3.63) is 48.2 Å². The van der Waals surface area contributed by atoms with Crippen molar-refractivity contribution in [2.75, 3.05) is 0 Å². The minimum absolute atomic E-state index is 0.261. The van der Waals surface area contributed by atoms with Crippen molar-refractivity contribution in [3.63, 3.8) is 0 Å². The number of benzene rings is 1. The summed E-state index contributed by atoms with van der Waals surface area (Å²) in [5, 5.41) is 9.42. The topological polar surface area (TPSA) is 33.1 Å². The molecule has 1 aromatic carbocycles. The van der Waals surface area contributed by atoms with E-state index >= 15 is 0 Å². The van der Waals surface area contributed by atoms with Crippen LogP contribution in [0.2, 0.25) is 0 Å². The van der Waals surface area contributed by atoms with Gasteiger partial charge < -0.3 is 5.11 Å². The zero-order chi connectivity index (χ0) is 9.97. The van der Waals surface area contributed by atoms with Gasteiger partial charge in [0.2, 0.25) is 0 Å². The molecule has 0 bridgehead atoms. The molecule has 0 unspecified atom stereocenters. The molecule has 0 aliphatic heterocycles. The van der Waals surface area contributed by atoms with Crippen LogP contribution in [0.3, 0.4) is 0 Å². The summed E-state index contributed by atoms with van der Waals surface area (Å²) in [6, 6.07) is 13.1. The monoisotopic (exact) mass is 185 g/mol. The molecule has 70 valence electrons. The molecule has 14 heavy (non-hydrogen) atoms. The fraction of sp³-hybridized carbons (Fsp3) is 0.0833. The van der Waals surface area contributed by atoms with E-state index in [1.165, 1.54) is 0 Å². The maximum absolute atomic E-state index is 9.42. The maximum Gasteiger partial charge on any atom is 0.119 e. The molecule has 0 saturated heterocycles. The molecule has 1 aromatic heterocycles. The molecule has 0 fully saturated rings. The number of aromatic nitrogens is 1. The highest BCUT2D eigenvalue weighted by molar-refractivity contribution is 5.60. The van der Waals surface area contributed by atoms with Gasteiger partial charge in [-0.1, -0.05) is 30.3 Å². The van der Waals surface area contributed by atoms with Gasteiger partial charge in [-0.15, -0.1) is 0 Å². The van der Waals surface area contributed by atoms with E-state index in [1.54, 1.807) is 12.1 Å². The molecular formula is C12H11NO. The summed E-state index contributed by atoms with van der Waals surface area (Å²) >= 11 is 0. The summed E-state index contributed by atoms with van der Waals surface area (Å²) < 4.78 is 0. The van der Waals surface area contributed by atoms with Crippen LogP contribution in [0, 0.1) is 6.92 Å². The van der Waals surface area contributed by atoms with E-state index in [9.17, 15) is 5.11 Å². The first kappa shape index (κ1) is 8.75. The number of nitrogens with zero attached hydrogens (tertiary/aromatic N) is 1. The predicted octanol–water partition coefficient (Wildman–Crippen LogP) is 2.76. The molecule has 2 heteroatoms. The standard InChI is InChI=1S/C12H11NO/c1-9-7-11(14)8-12(13-9)10-5-3-2-4-6-10/h2-8H,1H3,(H,13,14). The number of hydrogen-bond acceptors (Lipinski definition) is 2. The normalized spacial score (nSPS) is 10.1. The van der Waals surface area contributed by atoms with Gasteiger partial charge in [0.25, 0.3) is 0 Å². The second-order valence-corrected chi connectivity index (χ2v) is 3.22. The highest BCUT2D eigenvalue weighted by Crippen LogP contribution is 2.21. The molecule has 0 aliphatic rings. The average molecular weight is 185 g/mol. The lowest BCUT2D eigenvalue weighted by Crippen LogP contribution is -1.86. The minimum atomic E-state index is 0.261. The van der Waals surface area contributed by atoms with Crippen LogP contribution >= 0.6 is 0 Å². The van der Waals surface area contributed by atoms with Crippen molar-refractivity contribution in [2.45, 2.75) is 6.92 Å². The molecule has 2 aromatic rings. The molecule has 0 saturated carbocycles. The quantitative estimate of drug-likeness (QED) is 0.741. The van der Waals surface area contributed by atoms with E-state index in [1.807, 2.05) is 37.3 Å². The minimum Gasteiger partial charge on any atom is -0.508 e. The third kappa shape index (κ3) is 1.74. The van der Waals surface area contributed by atoms with E-state index < -0.39 is 0 Å². The number of pyridine rings is 1. The van der Waals surface area contributed by atoms with E-state index in [0.29, 0.717) is 0 Å². The maximum atomic E-state index is 9.42. The van der Waals surface area contributed by atoms with Crippen LogP contribution in [0.25, 0.3) is 11.3 Å². The van der Waals surface area contributed by atoms with Crippen molar-refractivity contribution in [3.8, 4) is 17.0 Å². The Labute approximate surface area is 82.9 Å².